The summed E-state index contributed by atoms with van der Waals surface area (Å²) in [5.41, 5.74) is 0.843. The van der Waals surface area contributed by atoms with Gasteiger partial charge >= 0.3 is 0 Å². The molecule has 0 unspecified atom stereocenters. The molecule has 1 amide bonds. The molecule has 1 N–H and O–H groups in total. The van der Waals surface area contributed by atoms with E-state index >= 15 is 0 Å². The van der Waals surface area contributed by atoms with E-state index < -0.39 is 0 Å². The van der Waals surface area contributed by atoms with Crippen LogP contribution in [0.4, 0.5) is 0 Å². The number of nitrogens with zero attached hydrogens (tertiary/aromatic N) is 3. The van der Waals surface area contributed by atoms with E-state index in [2.05, 4.69) is 21.4 Å². The molecule has 1 aromatic rings. The molecule has 6 heteroatoms. The summed E-state index contributed by atoms with van der Waals surface area (Å²) in [7, 11) is 3.33. The number of likely N-dealkylation sites (N-methyl/N-ethyl adjacent to an activating group) is 1. The Balaban J connectivity index is 1.83. The molecule has 0 bridgehead atoms. The van der Waals surface area contributed by atoms with Gasteiger partial charge in [-0.1, -0.05) is 0 Å². The summed E-state index contributed by atoms with van der Waals surface area (Å²) in [5.74, 6) is 0.0771. The van der Waals surface area contributed by atoms with Gasteiger partial charge in [0.15, 0.2) is 0 Å². The summed E-state index contributed by atoms with van der Waals surface area (Å²) in [6, 6.07) is 3.51. The van der Waals surface area contributed by atoms with Crippen molar-refractivity contribution in [1.82, 2.24) is 20.0 Å². The molecule has 1 radical (unpaired) electrons. The molecule has 0 spiro atoms. The molecule has 1 fully saturated rings. The van der Waals surface area contributed by atoms with Gasteiger partial charge < -0.3 is 10.1 Å². The van der Waals surface area contributed by atoms with Gasteiger partial charge in [-0.2, -0.15) is 5.10 Å². The molecule has 0 aliphatic carbocycles. The van der Waals surface area contributed by atoms with Gasteiger partial charge in [0.2, 0.25) is 5.91 Å². The van der Waals surface area contributed by atoms with Crippen molar-refractivity contribution in [2.45, 2.75) is 25.5 Å². The summed E-state index contributed by atoms with van der Waals surface area (Å²) >= 11 is 0. The normalized spacial score (nSPS) is 17.6. The second kappa shape index (κ2) is 6.68. The first kappa shape index (κ1) is 14.0. The lowest BCUT2D eigenvalue weighted by Gasteiger charge is -2.31. The molecule has 6 nitrogen and oxygen atoms in total. The van der Waals surface area contributed by atoms with E-state index in [1.54, 1.807) is 14.2 Å². The molecular formula is C13H21N4O2. The van der Waals surface area contributed by atoms with E-state index in [9.17, 15) is 4.79 Å². The molecule has 0 aromatic carbocycles. The van der Waals surface area contributed by atoms with E-state index in [0.717, 1.165) is 31.6 Å². The predicted octanol–water partition coefficient (Wildman–Crippen LogP) is 0.213. The van der Waals surface area contributed by atoms with Gasteiger partial charge in [-0.05, 0) is 12.8 Å². The fraction of sp³-hybridized carbons (Fsp3) is 0.692. The van der Waals surface area contributed by atoms with Gasteiger partial charge in [-0.15, -0.1) is 0 Å². The number of hydrogen-bond acceptors (Lipinski definition) is 4. The Kier molecular flexibility index (Phi) is 4.93. The third kappa shape index (κ3) is 3.78. The largest absolute Gasteiger partial charge is 0.378 e. The molecule has 2 heterocycles. The van der Waals surface area contributed by atoms with E-state index in [0.29, 0.717) is 19.2 Å². The van der Waals surface area contributed by atoms with E-state index in [-0.39, 0.29) is 5.91 Å². The zero-order valence-electron chi connectivity index (χ0n) is 11.6. The van der Waals surface area contributed by atoms with Crippen molar-refractivity contribution in [2.24, 2.45) is 0 Å². The number of carbonyl (C=O) groups is 1. The Morgan fingerprint density at radius 2 is 2.32 bits per heavy atom. The van der Waals surface area contributed by atoms with Gasteiger partial charge in [0, 0.05) is 39.5 Å². The van der Waals surface area contributed by atoms with Crippen molar-refractivity contribution in [3.8, 4) is 0 Å². The van der Waals surface area contributed by atoms with Crippen LogP contribution in [-0.4, -0.2) is 54.4 Å². The number of ether oxygens (including phenoxy) is 1. The first-order valence-corrected chi connectivity index (χ1v) is 6.60. The highest BCUT2D eigenvalue weighted by molar-refractivity contribution is 5.77. The second-order valence-electron chi connectivity index (χ2n) is 4.81. The average molecular weight is 265 g/mol. The molecule has 1 aromatic heterocycles. The first-order valence-electron chi connectivity index (χ1n) is 6.60. The molecule has 0 saturated carbocycles. The number of likely N-dealkylation sites (tertiary alicyclic amines) is 1. The lowest BCUT2D eigenvalue weighted by Crippen LogP contribution is -2.41. The summed E-state index contributed by atoms with van der Waals surface area (Å²) in [6.45, 7) is 2.85. The zero-order valence-corrected chi connectivity index (χ0v) is 11.6. The Morgan fingerprint density at radius 1 is 1.58 bits per heavy atom. The maximum Gasteiger partial charge on any atom is 0.233 e. The standard InChI is InChI=1S/C13H21N4O2/c1-14-13(18)9-16-6-4-12(5-7-16)17-8-3-11(15-17)10-19-2/h8,12H,4-7,9-10H2,1-2H3,(H,14,18). The maximum absolute atomic E-state index is 11.3. The van der Waals surface area contributed by atoms with Crippen LogP contribution >= 0.6 is 0 Å². The Labute approximate surface area is 113 Å². The molecule has 105 valence electrons. The van der Waals surface area contributed by atoms with Gasteiger partial charge in [0.1, 0.15) is 0 Å². The predicted molar refractivity (Wildman–Crippen MR) is 70.6 cm³/mol. The molecular weight excluding hydrogens is 244 g/mol. The number of piperidine rings is 1. The minimum atomic E-state index is 0.0771. The van der Waals surface area contributed by atoms with Crippen LogP contribution in [0.3, 0.4) is 0 Å². The highest BCUT2D eigenvalue weighted by Crippen LogP contribution is 2.21. The van der Waals surface area contributed by atoms with Crippen molar-refractivity contribution in [3.05, 3.63) is 18.0 Å². The van der Waals surface area contributed by atoms with Crippen LogP contribution in [0, 0.1) is 6.07 Å². The summed E-state index contributed by atoms with van der Waals surface area (Å²) in [6.07, 6.45) is 3.92. The second-order valence-corrected chi connectivity index (χ2v) is 4.81. The van der Waals surface area contributed by atoms with Crippen molar-refractivity contribution in [2.75, 3.05) is 33.8 Å². The number of hydrogen-bond donors (Lipinski definition) is 1. The van der Waals surface area contributed by atoms with Crippen LogP contribution in [0.15, 0.2) is 6.20 Å². The Hall–Kier alpha value is -1.40. The number of carbonyl (C=O) groups excluding carboxylic acids is 1. The molecule has 1 aliphatic heterocycles. The molecule has 1 saturated heterocycles. The van der Waals surface area contributed by atoms with Crippen LogP contribution in [0.2, 0.25) is 0 Å². The number of methoxy groups -OCH3 is 1. The smallest absolute Gasteiger partial charge is 0.233 e. The molecule has 1 aliphatic rings. The third-order valence-electron chi connectivity index (χ3n) is 3.46. The maximum atomic E-state index is 11.3. The Morgan fingerprint density at radius 3 is 2.95 bits per heavy atom. The summed E-state index contributed by atoms with van der Waals surface area (Å²) in [5, 5.41) is 7.12. The molecule has 0 atom stereocenters. The van der Waals surface area contributed by atoms with Gasteiger partial charge in [0.25, 0.3) is 0 Å². The summed E-state index contributed by atoms with van der Waals surface area (Å²) < 4.78 is 7.02. The van der Waals surface area contributed by atoms with E-state index in [1.165, 1.54) is 0 Å². The molecule has 19 heavy (non-hydrogen) atoms. The molecule has 2 rings (SSSR count). The van der Waals surface area contributed by atoms with Crippen molar-refractivity contribution in [3.63, 3.8) is 0 Å². The van der Waals surface area contributed by atoms with Gasteiger partial charge in [-0.25, -0.2) is 0 Å². The van der Waals surface area contributed by atoms with Crippen molar-refractivity contribution in [1.29, 1.82) is 0 Å². The summed E-state index contributed by atoms with van der Waals surface area (Å²) in [4.78, 5) is 13.5. The Bertz CT molecular complexity index is 411. The SMILES string of the molecule is CNC(=O)CN1CCC(n2c[c]c(COC)n2)CC1. The van der Waals surface area contributed by atoms with Crippen molar-refractivity contribution >= 4 is 5.91 Å². The zero-order chi connectivity index (χ0) is 13.7. The minimum Gasteiger partial charge on any atom is -0.378 e. The van der Waals surface area contributed by atoms with Gasteiger partial charge in [0.05, 0.1) is 24.9 Å². The van der Waals surface area contributed by atoms with Crippen LogP contribution < -0.4 is 5.32 Å². The topological polar surface area (TPSA) is 59.4 Å². The lowest BCUT2D eigenvalue weighted by molar-refractivity contribution is -0.122. The quantitative estimate of drug-likeness (QED) is 0.827. The fourth-order valence-corrected chi connectivity index (χ4v) is 2.36. The average Bonchev–Trinajstić information content (AvgIpc) is 2.88. The monoisotopic (exact) mass is 265 g/mol. The van der Waals surface area contributed by atoms with Gasteiger partial charge in [-0.3, -0.25) is 14.4 Å². The number of aromatic nitrogens is 2. The van der Waals surface area contributed by atoms with E-state index in [4.69, 9.17) is 4.74 Å². The van der Waals surface area contributed by atoms with Crippen LogP contribution in [0.1, 0.15) is 24.6 Å². The van der Waals surface area contributed by atoms with Crippen LogP contribution in [0.5, 0.6) is 0 Å². The van der Waals surface area contributed by atoms with Crippen molar-refractivity contribution < 1.29 is 9.53 Å². The highest BCUT2D eigenvalue weighted by Gasteiger charge is 2.22. The number of nitrogens with one attached hydrogen (secondary N) is 1. The number of amides is 1. The lowest BCUT2D eigenvalue weighted by atomic mass is 10.1. The van der Waals surface area contributed by atoms with E-state index in [1.807, 2.05) is 10.9 Å². The van der Waals surface area contributed by atoms with Crippen LogP contribution in [-0.2, 0) is 16.1 Å². The number of rotatable bonds is 5. The van der Waals surface area contributed by atoms with Crippen LogP contribution in [0.25, 0.3) is 0 Å². The fourth-order valence-electron chi connectivity index (χ4n) is 2.36. The first-order chi connectivity index (χ1) is 9.22. The third-order valence-corrected chi connectivity index (χ3v) is 3.46. The minimum absolute atomic E-state index is 0.0771. The highest BCUT2D eigenvalue weighted by atomic mass is 16.5.